The van der Waals surface area contributed by atoms with Crippen LogP contribution in [0, 0.1) is 0 Å². The monoisotopic (exact) mass is 296 g/mol. The summed E-state index contributed by atoms with van der Waals surface area (Å²) in [5, 5.41) is 10.1. The third-order valence-corrected chi connectivity index (χ3v) is 3.49. The quantitative estimate of drug-likeness (QED) is 0.872. The van der Waals surface area contributed by atoms with E-state index >= 15 is 0 Å². The number of β-amino-alcohol motifs (C(OH)–C–C–N with tert-alkyl or cyclic N) is 1. The minimum atomic E-state index is -0.285. The number of nitrogens with two attached hydrogens (primary N) is 1. The zero-order valence-corrected chi connectivity index (χ0v) is 11.7. The molecule has 0 radical (unpaired) electrons. The average molecular weight is 297 g/mol. The first-order valence-corrected chi connectivity index (χ1v) is 6.37. The molecule has 0 aliphatic carbocycles. The van der Waals surface area contributed by atoms with Crippen molar-refractivity contribution in [2.75, 3.05) is 18.0 Å². The number of hydrogen-bond donors (Lipinski definition) is 2. The van der Waals surface area contributed by atoms with Gasteiger partial charge in [-0.1, -0.05) is 0 Å². The second-order valence-electron chi connectivity index (χ2n) is 4.85. The predicted molar refractivity (Wildman–Crippen MR) is 80.5 cm³/mol. The lowest BCUT2D eigenvalue weighted by molar-refractivity contribution is 0.198. The van der Waals surface area contributed by atoms with Crippen molar-refractivity contribution in [3.05, 3.63) is 40.2 Å². The number of aliphatic hydroxyl groups is 1. The molecule has 1 aromatic carbocycles. The van der Waals surface area contributed by atoms with Crippen molar-refractivity contribution in [1.82, 2.24) is 0 Å². The van der Waals surface area contributed by atoms with Crippen LogP contribution in [-0.2, 0) is 6.54 Å². The maximum Gasteiger partial charge on any atom is 0.193 e. The molecule has 20 heavy (non-hydrogen) atoms. The van der Waals surface area contributed by atoms with Crippen molar-refractivity contribution in [2.45, 2.75) is 19.1 Å². The zero-order chi connectivity index (χ0) is 13.4. The highest BCUT2D eigenvalue weighted by atomic mass is 35.5. The molecule has 0 bridgehead atoms. The van der Waals surface area contributed by atoms with Gasteiger partial charge in [0, 0.05) is 24.8 Å². The van der Waals surface area contributed by atoms with E-state index in [1.807, 2.05) is 12.1 Å². The van der Waals surface area contributed by atoms with Crippen molar-refractivity contribution in [3.63, 3.8) is 0 Å². The lowest BCUT2D eigenvalue weighted by Gasteiger charge is -2.18. The number of nitrogens with zero attached hydrogens (tertiary/aromatic N) is 1. The molecule has 1 aromatic heterocycles. The van der Waals surface area contributed by atoms with Crippen LogP contribution in [0.4, 0.5) is 5.69 Å². The van der Waals surface area contributed by atoms with E-state index < -0.39 is 0 Å². The molecule has 6 heteroatoms. The Hall–Kier alpha value is -1.56. The summed E-state index contributed by atoms with van der Waals surface area (Å²) in [6.07, 6.45) is 0.477. The summed E-state index contributed by atoms with van der Waals surface area (Å²) in [4.78, 5) is 14.1. The fraction of sp³-hybridized carbons (Fsp3) is 0.357. The topological polar surface area (TPSA) is 79.7 Å². The Balaban J connectivity index is 0.00000147. The van der Waals surface area contributed by atoms with Crippen molar-refractivity contribution in [1.29, 1.82) is 0 Å². The molecule has 0 spiro atoms. The van der Waals surface area contributed by atoms with Gasteiger partial charge in [-0.3, -0.25) is 4.79 Å². The van der Waals surface area contributed by atoms with Gasteiger partial charge in [-0.15, -0.1) is 12.4 Å². The predicted octanol–water partition coefficient (Wildman–Crippen LogP) is 1.24. The van der Waals surface area contributed by atoms with Crippen LogP contribution >= 0.6 is 12.4 Å². The minimum absolute atomic E-state index is 0. The number of rotatable bonds is 2. The molecule has 3 rings (SSSR count). The molecule has 5 nitrogen and oxygen atoms in total. The smallest absolute Gasteiger partial charge is 0.193 e. The number of anilines is 1. The molecule has 3 N–H and O–H groups in total. The summed E-state index contributed by atoms with van der Waals surface area (Å²) in [6, 6.07) is 6.95. The number of hydrogen-bond acceptors (Lipinski definition) is 5. The Kier molecular flexibility index (Phi) is 4.32. The van der Waals surface area contributed by atoms with Gasteiger partial charge < -0.3 is 20.2 Å². The Bertz CT molecular complexity index is 671. The molecule has 0 amide bonds. The van der Waals surface area contributed by atoms with E-state index in [4.69, 9.17) is 10.2 Å². The lowest BCUT2D eigenvalue weighted by atomic mass is 10.2. The maximum absolute atomic E-state index is 12.0. The van der Waals surface area contributed by atoms with Crippen molar-refractivity contribution in [2.24, 2.45) is 5.73 Å². The normalized spacial score (nSPS) is 18.3. The second kappa shape index (κ2) is 5.83. The molecular weight excluding hydrogens is 280 g/mol. The molecule has 0 saturated carbocycles. The van der Waals surface area contributed by atoms with E-state index in [0.717, 1.165) is 18.7 Å². The van der Waals surface area contributed by atoms with Crippen LogP contribution in [0.3, 0.4) is 0 Å². The van der Waals surface area contributed by atoms with Gasteiger partial charge in [0.05, 0.1) is 18.0 Å². The summed E-state index contributed by atoms with van der Waals surface area (Å²) < 4.78 is 5.54. The second-order valence-corrected chi connectivity index (χ2v) is 4.85. The lowest BCUT2D eigenvalue weighted by Crippen LogP contribution is -2.21. The highest BCUT2D eigenvalue weighted by Crippen LogP contribution is 2.24. The Morgan fingerprint density at radius 3 is 2.85 bits per heavy atom. The van der Waals surface area contributed by atoms with Crippen LogP contribution < -0.4 is 16.1 Å². The number of halogens is 1. The Labute approximate surface area is 122 Å². The standard InChI is InChI=1S/C14H16N2O3.ClH/c15-7-11-6-13(18)12-5-9(1-2-14(12)19-11)16-4-3-10(17)8-16;/h1-2,5-6,10,17H,3-4,7-8,15H2;1H. The zero-order valence-electron chi connectivity index (χ0n) is 10.9. The van der Waals surface area contributed by atoms with E-state index in [9.17, 15) is 9.90 Å². The minimum Gasteiger partial charge on any atom is -0.459 e. The fourth-order valence-electron chi connectivity index (χ4n) is 2.47. The molecule has 1 atom stereocenters. The van der Waals surface area contributed by atoms with Gasteiger partial charge in [-0.05, 0) is 24.6 Å². The molecule has 1 aliphatic rings. The van der Waals surface area contributed by atoms with E-state index in [1.165, 1.54) is 6.07 Å². The Morgan fingerprint density at radius 2 is 2.20 bits per heavy atom. The summed E-state index contributed by atoms with van der Waals surface area (Å²) in [7, 11) is 0. The van der Waals surface area contributed by atoms with Crippen LogP contribution in [0.25, 0.3) is 11.0 Å². The highest BCUT2D eigenvalue weighted by molar-refractivity contribution is 5.85. The Morgan fingerprint density at radius 1 is 1.40 bits per heavy atom. The first-order chi connectivity index (χ1) is 9.17. The summed E-state index contributed by atoms with van der Waals surface area (Å²) in [5.74, 6) is 0.488. The first kappa shape index (κ1) is 14.8. The van der Waals surface area contributed by atoms with Gasteiger partial charge in [0.1, 0.15) is 11.3 Å². The van der Waals surface area contributed by atoms with Gasteiger partial charge in [-0.25, -0.2) is 0 Å². The van der Waals surface area contributed by atoms with Gasteiger partial charge in [0.2, 0.25) is 0 Å². The summed E-state index contributed by atoms with van der Waals surface area (Å²) in [5.41, 5.74) is 6.90. The largest absolute Gasteiger partial charge is 0.459 e. The van der Waals surface area contributed by atoms with E-state index in [-0.39, 0.29) is 30.5 Å². The van der Waals surface area contributed by atoms with Crippen LogP contribution in [0.5, 0.6) is 0 Å². The van der Waals surface area contributed by atoms with Crippen molar-refractivity contribution >= 4 is 29.1 Å². The van der Waals surface area contributed by atoms with Gasteiger partial charge >= 0.3 is 0 Å². The molecule has 1 saturated heterocycles. The molecule has 2 heterocycles. The van der Waals surface area contributed by atoms with Gasteiger partial charge in [0.25, 0.3) is 0 Å². The number of benzene rings is 1. The number of fused-ring (bicyclic) bond motifs is 1. The molecule has 1 fully saturated rings. The van der Waals surface area contributed by atoms with E-state index in [2.05, 4.69) is 4.90 Å². The SMILES string of the molecule is Cl.NCc1cc(=O)c2cc(N3CCC(O)C3)ccc2o1. The average Bonchev–Trinajstić information content (AvgIpc) is 2.85. The van der Waals surface area contributed by atoms with Gasteiger partial charge in [0.15, 0.2) is 5.43 Å². The van der Waals surface area contributed by atoms with Crippen molar-refractivity contribution < 1.29 is 9.52 Å². The molecule has 2 aromatic rings. The van der Waals surface area contributed by atoms with Gasteiger partial charge in [-0.2, -0.15) is 0 Å². The highest BCUT2D eigenvalue weighted by Gasteiger charge is 2.20. The van der Waals surface area contributed by atoms with Crippen LogP contribution in [0.2, 0.25) is 0 Å². The molecular formula is C14H17ClN2O3. The molecule has 1 unspecified atom stereocenters. The van der Waals surface area contributed by atoms with E-state index in [0.29, 0.717) is 23.3 Å². The third kappa shape index (κ3) is 2.65. The van der Waals surface area contributed by atoms with Crippen LogP contribution in [0.15, 0.2) is 33.5 Å². The summed E-state index contributed by atoms with van der Waals surface area (Å²) in [6.45, 7) is 1.63. The third-order valence-electron chi connectivity index (χ3n) is 3.49. The van der Waals surface area contributed by atoms with Crippen LogP contribution in [-0.4, -0.2) is 24.3 Å². The van der Waals surface area contributed by atoms with Crippen LogP contribution in [0.1, 0.15) is 12.2 Å². The maximum atomic E-state index is 12.0. The first-order valence-electron chi connectivity index (χ1n) is 6.37. The number of aliphatic hydroxyl groups excluding tert-OH is 1. The summed E-state index contributed by atoms with van der Waals surface area (Å²) >= 11 is 0. The fourth-order valence-corrected chi connectivity index (χ4v) is 2.47. The van der Waals surface area contributed by atoms with Crippen molar-refractivity contribution in [3.8, 4) is 0 Å². The molecule has 1 aliphatic heterocycles. The molecule has 108 valence electrons. The van der Waals surface area contributed by atoms with E-state index in [1.54, 1.807) is 6.07 Å².